The SMILES string of the molecule is CC1CCCC1.CCCCCCCCC. The van der Waals surface area contributed by atoms with Crippen LogP contribution < -0.4 is 0 Å². The van der Waals surface area contributed by atoms with E-state index >= 15 is 0 Å². The molecule has 15 heavy (non-hydrogen) atoms. The van der Waals surface area contributed by atoms with Crippen molar-refractivity contribution in [2.24, 2.45) is 5.92 Å². The largest absolute Gasteiger partial charge is 0.0654 e. The molecule has 0 radical (unpaired) electrons. The molecule has 0 heterocycles. The van der Waals surface area contributed by atoms with Gasteiger partial charge in [0.05, 0.1) is 0 Å². The van der Waals surface area contributed by atoms with Crippen molar-refractivity contribution in [1.82, 2.24) is 0 Å². The zero-order valence-corrected chi connectivity index (χ0v) is 11.4. The van der Waals surface area contributed by atoms with E-state index < -0.39 is 0 Å². The minimum atomic E-state index is 1.05. The highest BCUT2D eigenvalue weighted by Gasteiger charge is 2.07. The fourth-order valence-electron chi connectivity index (χ4n) is 2.16. The zero-order valence-electron chi connectivity index (χ0n) is 11.4. The summed E-state index contributed by atoms with van der Waals surface area (Å²) in [5.74, 6) is 1.05. The van der Waals surface area contributed by atoms with Crippen molar-refractivity contribution < 1.29 is 0 Å². The van der Waals surface area contributed by atoms with Gasteiger partial charge in [-0.3, -0.25) is 0 Å². The van der Waals surface area contributed by atoms with Crippen LogP contribution in [0.25, 0.3) is 0 Å². The number of unbranched alkanes of at least 4 members (excludes halogenated alkanes) is 6. The van der Waals surface area contributed by atoms with E-state index in [1.165, 1.54) is 70.6 Å². The van der Waals surface area contributed by atoms with Crippen molar-refractivity contribution >= 4 is 0 Å². The zero-order chi connectivity index (χ0) is 11.4. The highest BCUT2D eigenvalue weighted by atomic mass is 14.1. The summed E-state index contributed by atoms with van der Waals surface area (Å²) in [6.45, 7) is 6.87. The lowest BCUT2D eigenvalue weighted by Gasteiger charge is -1.96. The van der Waals surface area contributed by atoms with Crippen molar-refractivity contribution in [3.8, 4) is 0 Å². The van der Waals surface area contributed by atoms with Crippen molar-refractivity contribution in [1.29, 1.82) is 0 Å². The van der Waals surface area contributed by atoms with E-state index in [0.29, 0.717) is 0 Å². The second-order valence-electron chi connectivity index (χ2n) is 5.16. The van der Waals surface area contributed by atoms with Gasteiger partial charge in [0.1, 0.15) is 0 Å². The summed E-state index contributed by atoms with van der Waals surface area (Å²) in [5, 5.41) is 0. The third-order valence-corrected chi connectivity index (χ3v) is 3.35. The van der Waals surface area contributed by atoms with Gasteiger partial charge in [0.2, 0.25) is 0 Å². The first-order chi connectivity index (χ1) is 7.31. The summed E-state index contributed by atoms with van der Waals surface area (Å²) in [6, 6.07) is 0. The van der Waals surface area contributed by atoms with Crippen LogP contribution in [0.1, 0.15) is 91.4 Å². The van der Waals surface area contributed by atoms with Crippen LogP contribution in [-0.4, -0.2) is 0 Å². The Hall–Kier alpha value is 0. The molecule has 0 aromatic carbocycles. The highest BCUT2D eigenvalue weighted by Crippen LogP contribution is 2.22. The van der Waals surface area contributed by atoms with Crippen molar-refractivity contribution in [3.63, 3.8) is 0 Å². The molecule has 0 nitrogen and oxygen atoms in total. The first-order valence-corrected chi connectivity index (χ1v) is 7.31. The van der Waals surface area contributed by atoms with Gasteiger partial charge in [-0.15, -0.1) is 0 Å². The summed E-state index contributed by atoms with van der Waals surface area (Å²) < 4.78 is 0. The van der Waals surface area contributed by atoms with E-state index in [1.54, 1.807) is 0 Å². The summed E-state index contributed by atoms with van der Waals surface area (Å²) in [6.07, 6.45) is 15.9. The molecule has 0 spiro atoms. The van der Waals surface area contributed by atoms with Gasteiger partial charge in [-0.2, -0.15) is 0 Å². The summed E-state index contributed by atoms with van der Waals surface area (Å²) in [7, 11) is 0. The lowest BCUT2D eigenvalue weighted by Crippen LogP contribution is -1.78. The molecule has 1 aliphatic rings. The highest BCUT2D eigenvalue weighted by molar-refractivity contribution is 4.60. The fraction of sp³-hybridized carbons (Fsp3) is 1.00. The molecule has 0 atom stereocenters. The Morgan fingerprint density at radius 1 is 0.733 bits per heavy atom. The van der Waals surface area contributed by atoms with Crippen LogP contribution in [0.2, 0.25) is 0 Å². The maximum atomic E-state index is 2.34. The van der Waals surface area contributed by atoms with Gasteiger partial charge >= 0.3 is 0 Å². The predicted octanol–water partition coefficient (Wildman–Crippen LogP) is 5.95. The van der Waals surface area contributed by atoms with Gasteiger partial charge in [-0.1, -0.05) is 91.4 Å². The van der Waals surface area contributed by atoms with Crippen LogP contribution in [0.3, 0.4) is 0 Å². The molecule has 0 unspecified atom stereocenters. The second kappa shape index (κ2) is 12.1. The molecule has 0 aromatic heterocycles. The van der Waals surface area contributed by atoms with Crippen LogP contribution in [0.4, 0.5) is 0 Å². The predicted molar refractivity (Wildman–Crippen MR) is 71.3 cm³/mol. The second-order valence-corrected chi connectivity index (χ2v) is 5.16. The van der Waals surface area contributed by atoms with E-state index in [0.717, 1.165) is 5.92 Å². The van der Waals surface area contributed by atoms with Crippen molar-refractivity contribution in [2.75, 3.05) is 0 Å². The quantitative estimate of drug-likeness (QED) is 0.477. The minimum absolute atomic E-state index is 1.05. The normalized spacial score (nSPS) is 16.2. The molecule has 0 amide bonds. The third-order valence-electron chi connectivity index (χ3n) is 3.35. The Balaban J connectivity index is 0.000000280. The van der Waals surface area contributed by atoms with Crippen LogP contribution in [0, 0.1) is 5.92 Å². The fourth-order valence-corrected chi connectivity index (χ4v) is 2.16. The molecule has 92 valence electrons. The van der Waals surface area contributed by atoms with Crippen molar-refractivity contribution in [3.05, 3.63) is 0 Å². The monoisotopic (exact) mass is 212 g/mol. The topological polar surface area (TPSA) is 0 Å². The van der Waals surface area contributed by atoms with Crippen LogP contribution in [0.5, 0.6) is 0 Å². The van der Waals surface area contributed by atoms with Crippen molar-refractivity contribution in [2.45, 2.75) is 91.4 Å². The van der Waals surface area contributed by atoms with E-state index in [9.17, 15) is 0 Å². The summed E-state index contributed by atoms with van der Waals surface area (Å²) >= 11 is 0. The standard InChI is InChI=1S/C9H20.C6H12/c1-3-5-7-9-8-6-4-2;1-6-4-2-3-5-6/h3-9H2,1-2H3;6H,2-5H2,1H3. The van der Waals surface area contributed by atoms with Crippen LogP contribution >= 0.6 is 0 Å². The molecule has 0 bridgehead atoms. The summed E-state index contributed by atoms with van der Waals surface area (Å²) in [5.41, 5.74) is 0. The van der Waals surface area contributed by atoms with Gasteiger partial charge in [-0.25, -0.2) is 0 Å². The van der Waals surface area contributed by atoms with Gasteiger partial charge in [0, 0.05) is 0 Å². The molecule has 1 fully saturated rings. The lowest BCUT2D eigenvalue weighted by atomic mass is 10.1. The molecule has 0 N–H and O–H groups in total. The maximum absolute atomic E-state index is 2.34. The number of hydrogen-bond acceptors (Lipinski definition) is 0. The Morgan fingerprint density at radius 2 is 1.13 bits per heavy atom. The lowest BCUT2D eigenvalue weighted by molar-refractivity contribution is 0.602. The first kappa shape index (κ1) is 15.0. The van der Waals surface area contributed by atoms with Gasteiger partial charge in [0.25, 0.3) is 0 Å². The van der Waals surface area contributed by atoms with E-state index in [-0.39, 0.29) is 0 Å². The van der Waals surface area contributed by atoms with Crippen LogP contribution in [-0.2, 0) is 0 Å². The van der Waals surface area contributed by atoms with E-state index in [4.69, 9.17) is 0 Å². The number of hydrogen-bond donors (Lipinski definition) is 0. The Bertz CT molecular complexity index is 94.6. The van der Waals surface area contributed by atoms with E-state index in [2.05, 4.69) is 20.8 Å². The molecular weight excluding hydrogens is 180 g/mol. The Kier molecular flexibility index (Phi) is 12.1. The average molecular weight is 212 g/mol. The molecule has 0 aromatic rings. The van der Waals surface area contributed by atoms with Gasteiger partial charge < -0.3 is 0 Å². The summed E-state index contributed by atoms with van der Waals surface area (Å²) in [4.78, 5) is 0. The molecule has 0 heteroatoms. The molecule has 0 aliphatic heterocycles. The Morgan fingerprint density at radius 3 is 1.40 bits per heavy atom. The van der Waals surface area contributed by atoms with E-state index in [1.807, 2.05) is 0 Å². The molecular formula is C15H32. The third kappa shape index (κ3) is 11.9. The molecule has 1 rings (SSSR count). The molecule has 1 saturated carbocycles. The average Bonchev–Trinajstić information content (AvgIpc) is 2.70. The van der Waals surface area contributed by atoms with Gasteiger partial charge in [-0.05, 0) is 5.92 Å². The minimum Gasteiger partial charge on any atom is -0.0654 e. The van der Waals surface area contributed by atoms with Gasteiger partial charge in [0.15, 0.2) is 0 Å². The molecule has 0 saturated heterocycles. The Labute approximate surface area is 97.8 Å². The number of rotatable bonds is 6. The first-order valence-electron chi connectivity index (χ1n) is 7.31. The maximum Gasteiger partial charge on any atom is -0.0443 e. The van der Waals surface area contributed by atoms with Crippen LogP contribution in [0.15, 0.2) is 0 Å². The molecule has 1 aliphatic carbocycles. The smallest absolute Gasteiger partial charge is 0.0443 e.